The Kier molecular flexibility index (Phi) is 4.43. The number of carbonyl (C=O) groups is 1. The average molecular weight is 337 g/mol. The van der Waals surface area contributed by atoms with Crippen molar-refractivity contribution in [2.45, 2.75) is 43.9 Å². The van der Waals surface area contributed by atoms with Gasteiger partial charge in [-0.2, -0.15) is 0 Å². The van der Waals surface area contributed by atoms with Crippen LogP contribution in [0.5, 0.6) is 5.75 Å². The van der Waals surface area contributed by atoms with Crippen LogP contribution in [-0.4, -0.2) is 24.7 Å². The van der Waals surface area contributed by atoms with Crippen molar-refractivity contribution in [3.63, 3.8) is 0 Å². The lowest BCUT2D eigenvalue weighted by molar-refractivity contribution is 0.0599. The van der Waals surface area contributed by atoms with Crippen LogP contribution in [-0.2, 0) is 11.2 Å². The van der Waals surface area contributed by atoms with Crippen LogP contribution >= 0.6 is 0 Å². The molecule has 130 valence electrons. The second kappa shape index (κ2) is 6.87. The smallest absolute Gasteiger partial charge is 0.338 e. The zero-order valence-electron chi connectivity index (χ0n) is 14.5. The van der Waals surface area contributed by atoms with Gasteiger partial charge in [0.25, 0.3) is 0 Å². The summed E-state index contributed by atoms with van der Waals surface area (Å²) in [5.41, 5.74) is 4.30. The van der Waals surface area contributed by atoms with Gasteiger partial charge in [-0.15, -0.1) is 0 Å². The van der Waals surface area contributed by atoms with Crippen LogP contribution in [0.15, 0.2) is 36.7 Å². The molecule has 1 aliphatic carbocycles. The Hall–Kier alpha value is -2.36. The van der Waals surface area contributed by atoms with Crippen LogP contribution in [0.1, 0.15) is 64.6 Å². The van der Waals surface area contributed by atoms with E-state index in [0.717, 1.165) is 43.1 Å². The monoisotopic (exact) mass is 337 g/mol. The number of ether oxygens (including phenoxy) is 2. The molecule has 2 aromatic rings. The van der Waals surface area contributed by atoms with E-state index in [1.54, 1.807) is 18.5 Å². The van der Waals surface area contributed by atoms with Crippen molar-refractivity contribution in [2.75, 3.05) is 13.7 Å². The maximum Gasteiger partial charge on any atom is 0.338 e. The number of aryl methyl sites for hydroxylation is 1. The second-order valence-electron chi connectivity index (χ2n) is 6.97. The number of rotatable bonds is 5. The number of nitrogens with zero attached hydrogens (tertiary/aromatic N) is 1. The minimum atomic E-state index is -0.293. The molecule has 0 unspecified atom stereocenters. The Morgan fingerprint density at radius 3 is 2.96 bits per heavy atom. The summed E-state index contributed by atoms with van der Waals surface area (Å²) in [4.78, 5) is 16.1. The van der Waals surface area contributed by atoms with E-state index in [4.69, 9.17) is 9.47 Å². The fraction of sp³-hybridized carbons (Fsp3) is 0.429. The first-order valence-corrected chi connectivity index (χ1v) is 9.04. The van der Waals surface area contributed by atoms with Gasteiger partial charge in [-0.05, 0) is 72.8 Å². The molecule has 4 nitrogen and oxygen atoms in total. The lowest BCUT2D eigenvalue weighted by Crippen LogP contribution is -2.16. The third-order valence-corrected chi connectivity index (χ3v) is 5.32. The molecule has 4 heteroatoms. The van der Waals surface area contributed by atoms with Crippen molar-refractivity contribution in [1.29, 1.82) is 0 Å². The van der Waals surface area contributed by atoms with E-state index in [9.17, 15) is 4.79 Å². The first-order chi connectivity index (χ1) is 12.3. The van der Waals surface area contributed by atoms with E-state index in [-0.39, 0.29) is 5.97 Å². The summed E-state index contributed by atoms with van der Waals surface area (Å²) in [6.07, 6.45) is 8.84. The highest BCUT2D eigenvalue weighted by Crippen LogP contribution is 2.44. The number of aromatic nitrogens is 1. The molecule has 25 heavy (non-hydrogen) atoms. The second-order valence-corrected chi connectivity index (χ2v) is 6.97. The van der Waals surface area contributed by atoms with Gasteiger partial charge >= 0.3 is 5.97 Å². The largest absolute Gasteiger partial charge is 0.493 e. The van der Waals surface area contributed by atoms with Crippen LogP contribution in [0.25, 0.3) is 0 Å². The molecule has 0 spiro atoms. The van der Waals surface area contributed by atoms with E-state index in [2.05, 4.69) is 23.2 Å². The fourth-order valence-corrected chi connectivity index (χ4v) is 3.72. The molecule has 0 amide bonds. The molecular formula is C21H23NO3. The van der Waals surface area contributed by atoms with E-state index >= 15 is 0 Å². The number of esters is 1. The maximum atomic E-state index is 11.9. The Bertz CT molecular complexity index is 782. The van der Waals surface area contributed by atoms with E-state index in [1.165, 1.54) is 31.1 Å². The summed E-state index contributed by atoms with van der Waals surface area (Å²) in [5, 5.41) is 0. The van der Waals surface area contributed by atoms with Gasteiger partial charge < -0.3 is 9.47 Å². The molecule has 1 aromatic heterocycles. The van der Waals surface area contributed by atoms with Gasteiger partial charge in [0.05, 0.1) is 19.3 Å². The van der Waals surface area contributed by atoms with Gasteiger partial charge in [-0.1, -0.05) is 12.1 Å². The minimum absolute atomic E-state index is 0.293. The molecule has 0 bridgehead atoms. The van der Waals surface area contributed by atoms with Gasteiger partial charge in [-0.25, -0.2) is 4.79 Å². The third kappa shape index (κ3) is 3.39. The number of hydrogen-bond acceptors (Lipinski definition) is 4. The summed E-state index contributed by atoms with van der Waals surface area (Å²) in [6, 6.07) is 8.49. The first kappa shape index (κ1) is 16.1. The fourth-order valence-electron chi connectivity index (χ4n) is 3.72. The van der Waals surface area contributed by atoms with Crippen LogP contribution in [0.3, 0.4) is 0 Å². The number of benzene rings is 1. The molecule has 1 saturated carbocycles. The predicted octanol–water partition coefficient (Wildman–Crippen LogP) is 4.24. The van der Waals surface area contributed by atoms with Crippen molar-refractivity contribution in [3.8, 4) is 5.75 Å². The van der Waals surface area contributed by atoms with Crippen molar-refractivity contribution in [3.05, 3.63) is 58.9 Å². The van der Waals surface area contributed by atoms with Gasteiger partial charge in [-0.3, -0.25) is 4.98 Å². The predicted molar refractivity (Wildman–Crippen MR) is 95.2 cm³/mol. The summed E-state index contributed by atoms with van der Waals surface area (Å²) in [5.74, 6) is 1.97. The number of carbonyl (C=O) groups excluding carboxylic acids is 1. The van der Waals surface area contributed by atoms with Crippen LogP contribution in [0.4, 0.5) is 0 Å². The van der Waals surface area contributed by atoms with Gasteiger partial charge in [0.2, 0.25) is 0 Å². The van der Waals surface area contributed by atoms with Crippen molar-refractivity contribution < 1.29 is 14.3 Å². The Morgan fingerprint density at radius 2 is 2.16 bits per heavy atom. The van der Waals surface area contributed by atoms with Crippen molar-refractivity contribution >= 4 is 5.97 Å². The molecular weight excluding hydrogens is 314 g/mol. The maximum absolute atomic E-state index is 11.9. The lowest BCUT2D eigenvalue weighted by Gasteiger charge is -2.26. The van der Waals surface area contributed by atoms with Crippen LogP contribution in [0.2, 0.25) is 0 Å². The quantitative estimate of drug-likeness (QED) is 0.766. The molecule has 1 aliphatic heterocycles. The number of pyridine rings is 1. The SMILES string of the molecule is COC(=O)c1ccncc1CC[C@@H]1CCOc2cc(C3CC3)ccc21. The standard InChI is InChI=1S/C21H23NO3/c1-24-21(23)19-8-10-22-13-17(19)5-4-15-9-11-25-20-12-16(14-2-3-14)6-7-18(15)20/h6-8,10,12-15H,2-5,9,11H2,1H3/t15-/m1/s1. The zero-order valence-corrected chi connectivity index (χ0v) is 14.5. The molecule has 4 rings (SSSR count). The Balaban J connectivity index is 1.51. The van der Waals surface area contributed by atoms with Crippen molar-refractivity contribution in [2.24, 2.45) is 0 Å². The zero-order chi connectivity index (χ0) is 17.2. The molecule has 0 saturated heterocycles. The molecule has 1 aromatic carbocycles. The molecule has 2 aliphatic rings. The Morgan fingerprint density at radius 1 is 1.28 bits per heavy atom. The Labute approximate surface area is 148 Å². The van der Waals surface area contributed by atoms with E-state index < -0.39 is 0 Å². The van der Waals surface area contributed by atoms with Gasteiger partial charge in [0.15, 0.2) is 0 Å². The lowest BCUT2D eigenvalue weighted by atomic mass is 9.86. The van der Waals surface area contributed by atoms with Crippen LogP contribution < -0.4 is 4.74 Å². The molecule has 1 atom stereocenters. The first-order valence-electron chi connectivity index (χ1n) is 9.04. The number of hydrogen-bond donors (Lipinski definition) is 0. The van der Waals surface area contributed by atoms with E-state index in [1.807, 2.05) is 0 Å². The molecule has 1 fully saturated rings. The average Bonchev–Trinajstić information content (AvgIpc) is 3.50. The topological polar surface area (TPSA) is 48.4 Å². The number of fused-ring (bicyclic) bond motifs is 1. The molecule has 0 N–H and O–H groups in total. The highest BCUT2D eigenvalue weighted by Gasteiger charge is 2.27. The van der Waals surface area contributed by atoms with Gasteiger partial charge in [0, 0.05) is 12.4 Å². The van der Waals surface area contributed by atoms with Crippen LogP contribution in [0, 0.1) is 0 Å². The highest BCUT2D eigenvalue weighted by molar-refractivity contribution is 5.90. The molecule has 0 radical (unpaired) electrons. The summed E-state index contributed by atoms with van der Waals surface area (Å²) in [7, 11) is 1.42. The van der Waals surface area contributed by atoms with E-state index in [0.29, 0.717) is 11.5 Å². The van der Waals surface area contributed by atoms with Crippen molar-refractivity contribution in [1.82, 2.24) is 4.98 Å². The summed E-state index contributed by atoms with van der Waals surface area (Å²) >= 11 is 0. The minimum Gasteiger partial charge on any atom is -0.493 e. The number of methoxy groups -OCH3 is 1. The normalized spacial score (nSPS) is 19.0. The summed E-state index contributed by atoms with van der Waals surface area (Å²) < 4.78 is 10.8. The summed E-state index contributed by atoms with van der Waals surface area (Å²) in [6.45, 7) is 0.767. The molecule has 2 heterocycles. The third-order valence-electron chi connectivity index (χ3n) is 5.32. The highest BCUT2D eigenvalue weighted by atomic mass is 16.5. The van der Waals surface area contributed by atoms with Gasteiger partial charge in [0.1, 0.15) is 5.75 Å².